The van der Waals surface area contributed by atoms with Crippen molar-refractivity contribution in [2.24, 2.45) is 13.0 Å². The summed E-state index contributed by atoms with van der Waals surface area (Å²) in [6, 6.07) is 10.5. The van der Waals surface area contributed by atoms with E-state index in [2.05, 4.69) is 32.9 Å². The van der Waals surface area contributed by atoms with Gasteiger partial charge in [-0.1, -0.05) is 44.7 Å². The van der Waals surface area contributed by atoms with Crippen molar-refractivity contribution in [2.45, 2.75) is 46.0 Å². The Morgan fingerprint density at radius 1 is 1.13 bits per heavy atom. The van der Waals surface area contributed by atoms with Crippen molar-refractivity contribution in [3.05, 3.63) is 57.9 Å². The van der Waals surface area contributed by atoms with Crippen LogP contribution in [-0.4, -0.2) is 38.8 Å². The number of para-hydroxylation sites is 1. The van der Waals surface area contributed by atoms with Gasteiger partial charge >= 0.3 is 0 Å². The molecular formula is C24H27BN3O3. The third kappa shape index (κ3) is 3.52. The Balaban J connectivity index is 1.79. The highest BCUT2D eigenvalue weighted by Gasteiger charge is 2.35. The Bertz CT molecular complexity index is 1220. The number of carbonyl (C=O) groups excluding carboxylic acids is 1. The number of fused-ring (bicyclic) bond motifs is 2. The van der Waals surface area contributed by atoms with Crippen LogP contribution in [0.5, 0.6) is 5.75 Å². The lowest BCUT2D eigenvalue weighted by Gasteiger charge is -2.29. The summed E-state index contributed by atoms with van der Waals surface area (Å²) in [6.07, 6.45) is 2.04. The number of hydrogen-bond donors (Lipinski definition) is 1. The molecule has 31 heavy (non-hydrogen) atoms. The van der Waals surface area contributed by atoms with Crippen LogP contribution in [0.25, 0.3) is 22.3 Å². The minimum absolute atomic E-state index is 0.00265. The third-order valence-electron chi connectivity index (χ3n) is 6.56. The Kier molecular flexibility index (Phi) is 5.61. The molecule has 6 nitrogen and oxygen atoms in total. The second-order valence-corrected chi connectivity index (χ2v) is 8.44. The molecular weight excluding hydrogens is 389 g/mol. The number of rotatable bonds is 6. The Morgan fingerprint density at radius 3 is 2.58 bits per heavy atom. The van der Waals surface area contributed by atoms with E-state index in [0.29, 0.717) is 34.6 Å². The largest absolute Gasteiger partial charge is 0.506 e. The van der Waals surface area contributed by atoms with Crippen molar-refractivity contribution in [1.29, 1.82) is 0 Å². The number of benzene rings is 2. The minimum atomic E-state index is -0.253. The zero-order valence-corrected chi connectivity index (χ0v) is 18.4. The monoisotopic (exact) mass is 416 g/mol. The first-order valence-electron chi connectivity index (χ1n) is 10.7. The lowest BCUT2D eigenvalue weighted by atomic mass is 9.74. The van der Waals surface area contributed by atoms with E-state index >= 15 is 0 Å². The lowest BCUT2D eigenvalue weighted by molar-refractivity contribution is 0.0662. The van der Waals surface area contributed by atoms with Crippen LogP contribution in [0.4, 0.5) is 0 Å². The predicted octanol–water partition coefficient (Wildman–Crippen LogP) is 3.85. The summed E-state index contributed by atoms with van der Waals surface area (Å²) in [5.41, 5.74) is 3.04. The van der Waals surface area contributed by atoms with Crippen LogP contribution in [0.2, 0.25) is 13.1 Å². The van der Waals surface area contributed by atoms with Crippen LogP contribution < -0.4 is 5.56 Å². The van der Waals surface area contributed by atoms with Crippen molar-refractivity contribution < 1.29 is 9.90 Å². The second-order valence-electron chi connectivity index (χ2n) is 8.44. The normalized spacial score (nSPS) is 15.2. The lowest BCUT2D eigenvalue weighted by Crippen LogP contribution is -2.37. The molecule has 159 valence electrons. The molecule has 1 radical (unpaired) electrons. The van der Waals surface area contributed by atoms with Gasteiger partial charge in [0.1, 0.15) is 24.2 Å². The van der Waals surface area contributed by atoms with Crippen LogP contribution in [0.3, 0.4) is 0 Å². The standard InChI is InChI=1S/C24H27BN3O3/c1-14(11-12-25-3)15(2)28-13-18-16(7-5-8-17(18)23(28)30)21-24(31)27(4)19-9-6-10-20(29)22(19)26-21/h5-10,14-15,29H,11-13H2,1-4H3. The van der Waals surface area contributed by atoms with Crippen LogP contribution in [0, 0.1) is 5.92 Å². The van der Waals surface area contributed by atoms with Gasteiger partial charge in [0.2, 0.25) is 0 Å². The molecule has 1 aromatic heterocycles. The summed E-state index contributed by atoms with van der Waals surface area (Å²) < 4.78 is 1.50. The molecule has 1 N–H and O–H groups in total. The molecule has 2 aromatic carbocycles. The van der Waals surface area contributed by atoms with E-state index in [1.165, 1.54) is 4.57 Å². The number of phenols is 1. The first-order valence-corrected chi connectivity index (χ1v) is 10.7. The Labute approximate surface area is 182 Å². The maximum Gasteiger partial charge on any atom is 0.277 e. The van der Waals surface area contributed by atoms with Crippen LogP contribution in [-0.2, 0) is 13.6 Å². The van der Waals surface area contributed by atoms with Crippen molar-refractivity contribution >= 4 is 24.2 Å². The number of hydrogen-bond acceptors (Lipinski definition) is 4. The van der Waals surface area contributed by atoms with Gasteiger partial charge in [0.25, 0.3) is 11.5 Å². The summed E-state index contributed by atoms with van der Waals surface area (Å²) >= 11 is 0. The number of aromatic nitrogens is 2. The number of aromatic hydroxyl groups is 1. The highest BCUT2D eigenvalue weighted by molar-refractivity contribution is 6.33. The first kappa shape index (κ1) is 21.2. The molecule has 0 saturated heterocycles. The van der Waals surface area contributed by atoms with E-state index < -0.39 is 0 Å². The molecule has 1 amide bonds. The SMILES string of the molecule is C[B]CCC(C)C(C)N1Cc2c(cccc2-c2nc3c(O)cccc3n(C)c2=O)C1=O. The van der Waals surface area contributed by atoms with Crippen molar-refractivity contribution in [3.8, 4) is 17.0 Å². The second kappa shape index (κ2) is 8.21. The maximum absolute atomic E-state index is 13.2. The number of amides is 1. The molecule has 0 bridgehead atoms. The van der Waals surface area contributed by atoms with Gasteiger partial charge in [-0.15, -0.1) is 0 Å². The summed E-state index contributed by atoms with van der Waals surface area (Å²) in [4.78, 5) is 32.8. The molecule has 3 aromatic rings. The molecule has 2 heterocycles. The van der Waals surface area contributed by atoms with E-state index in [4.69, 9.17) is 0 Å². The molecule has 0 fully saturated rings. The summed E-state index contributed by atoms with van der Waals surface area (Å²) in [5, 5.41) is 10.3. The average molecular weight is 416 g/mol. The molecule has 2 unspecified atom stereocenters. The predicted molar refractivity (Wildman–Crippen MR) is 124 cm³/mol. The van der Waals surface area contributed by atoms with Crippen LogP contribution in [0.15, 0.2) is 41.2 Å². The molecule has 0 aliphatic carbocycles. The zero-order chi connectivity index (χ0) is 22.3. The fourth-order valence-corrected chi connectivity index (χ4v) is 4.39. The van der Waals surface area contributed by atoms with Gasteiger partial charge in [-0.25, -0.2) is 4.98 Å². The van der Waals surface area contributed by atoms with Gasteiger partial charge in [-0.2, -0.15) is 0 Å². The van der Waals surface area contributed by atoms with E-state index in [1.807, 2.05) is 17.0 Å². The average Bonchev–Trinajstić information content (AvgIpc) is 3.11. The highest BCUT2D eigenvalue weighted by atomic mass is 16.3. The molecule has 7 heteroatoms. The van der Waals surface area contributed by atoms with E-state index in [9.17, 15) is 14.7 Å². The fraction of sp³-hybridized carbons (Fsp3) is 0.375. The van der Waals surface area contributed by atoms with Gasteiger partial charge in [-0.05, 0) is 36.6 Å². The number of carbonyl (C=O) groups is 1. The smallest absolute Gasteiger partial charge is 0.277 e. The Morgan fingerprint density at radius 2 is 1.84 bits per heavy atom. The van der Waals surface area contributed by atoms with Gasteiger partial charge in [0.15, 0.2) is 0 Å². The molecule has 0 spiro atoms. The molecule has 1 aliphatic rings. The topological polar surface area (TPSA) is 75.4 Å². The van der Waals surface area contributed by atoms with Gasteiger partial charge in [0.05, 0.1) is 5.52 Å². The third-order valence-corrected chi connectivity index (χ3v) is 6.56. The number of aryl methyl sites for hydroxylation is 1. The molecule has 2 atom stereocenters. The summed E-state index contributed by atoms with van der Waals surface area (Å²) in [5.74, 6) is 0.383. The Hall–Kier alpha value is -3.09. The fourth-order valence-electron chi connectivity index (χ4n) is 4.39. The number of nitrogens with zero attached hydrogens (tertiary/aromatic N) is 3. The quantitative estimate of drug-likeness (QED) is 0.620. The zero-order valence-electron chi connectivity index (χ0n) is 18.4. The van der Waals surface area contributed by atoms with E-state index in [-0.39, 0.29) is 29.0 Å². The van der Waals surface area contributed by atoms with Gasteiger partial charge in [0, 0.05) is 30.8 Å². The van der Waals surface area contributed by atoms with Crippen molar-refractivity contribution in [3.63, 3.8) is 0 Å². The van der Waals surface area contributed by atoms with Crippen LogP contribution in [0.1, 0.15) is 36.2 Å². The van der Waals surface area contributed by atoms with Crippen LogP contribution >= 0.6 is 0 Å². The molecule has 0 saturated carbocycles. The van der Waals surface area contributed by atoms with E-state index in [0.717, 1.165) is 18.3 Å². The summed E-state index contributed by atoms with van der Waals surface area (Å²) in [7, 11) is 3.82. The van der Waals surface area contributed by atoms with Gasteiger partial charge in [-0.3, -0.25) is 9.59 Å². The maximum atomic E-state index is 13.2. The van der Waals surface area contributed by atoms with E-state index in [1.54, 1.807) is 31.3 Å². The summed E-state index contributed by atoms with van der Waals surface area (Å²) in [6.45, 7) is 6.77. The first-order chi connectivity index (χ1) is 14.8. The number of phenolic OH excluding ortho intramolecular Hbond substituents is 1. The highest BCUT2D eigenvalue weighted by Crippen LogP contribution is 2.34. The molecule has 4 rings (SSSR count). The van der Waals surface area contributed by atoms with Gasteiger partial charge < -0.3 is 14.6 Å². The van der Waals surface area contributed by atoms with Crippen molar-refractivity contribution in [1.82, 2.24) is 14.5 Å². The molecule has 1 aliphatic heterocycles. The van der Waals surface area contributed by atoms with Crippen molar-refractivity contribution in [2.75, 3.05) is 0 Å². The minimum Gasteiger partial charge on any atom is -0.506 e.